The van der Waals surface area contributed by atoms with Gasteiger partial charge in [-0.25, -0.2) is 0 Å². The number of hydrogen-bond acceptors (Lipinski definition) is 2. The molecule has 0 bridgehead atoms. The van der Waals surface area contributed by atoms with E-state index < -0.39 is 0 Å². The van der Waals surface area contributed by atoms with Crippen LogP contribution in [0.15, 0.2) is 54.6 Å². The van der Waals surface area contributed by atoms with E-state index in [-0.39, 0.29) is 0 Å². The van der Waals surface area contributed by atoms with E-state index in [1.165, 1.54) is 16.7 Å². The number of rotatable bonds is 4. The average molecular weight is 229 g/mol. The van der Waals surface area contributed by atoms with Crippen molar-refractivity contribution in [1.82, 2.24) is 5.32 Å². The third-order valence-electron chi connectivity index (χ3n) is 2.50. The second-order valence-corrected chi connectivity index (χ2v) is 3.96. The Bertz CT molecular complexity index is 422. The van der Waals surface area contributed by atoms with Gasteiger partial charge in [-0.15, -0.1) is 0 Å². The maximum atomic E-state index is 4.12. The largest absolute Gasteiger partial charge is 0.304 e. The smallest absolute Gasteiger partial charge is 0.0390 e. The van der Waals surface area contributed by atoms with Gasteiger partial charge in [0, 0.05) is 12.4 Å². The Morgan fingerprint density at radius 2 is 1.44 bits per heavy atom. The van der Waals surface area contributed by atoms with Gasteiger partial charge in [-0.2, -0.15) is 12.6 Å². The second kappa shape index (κ2) is 5.73. The molecule has 0 saturated carbocycles. The minimum Gasteiger partial charge on any atom is -0.304 e. The minimum atomic E-state index is 0.709. The van der Waals surface area contributed by atoms with Gasteiger partial charge >= 0.3 is 0 Å². The van der Waals surface area contributed by atoms with Gasteiger partial charge in [0.05, 0.1) is 0 Å². The molecule has 1 N–H and O–H groups in total. The molecule has 16 heavy (non-hydrogen) atoms. The molecule has 2 heteroatoms. The Morgan fingerprint density at radius 3 is 2.06 bits per heavy atom. The van der Waals surface area contributed by atoms with Gasteiger partial charge in [0.25, 0.3) is 0 Å². The van der Waals surface area contributed by atoms with E-state index in [0.717, 1.165) is 6.54 Å². The lowest BCUT2D eigenvalue weighted by atomic mass is 10.0. The Kier molecular flexibility index (Phi) is 4.03. The molecule has 1 nitrogen and oxygen atoms in total. The van der Waals surface area contributed by atoms with Gasteiger partial charge < -0.3 is 5.32 Å². The fourth-order valence-corrected chi connectivity index (χ4v) is 1.76. The fourth-order valence-electron chi connectivity index (χ4n) is 1.65. The molecule has 2 aromatic rings. The van der Waals surface area contributed by atoms with Gasteiger partial charge in [0.15, 0.2) is 0 Å². The molecular weight excluding hydrogens is 214 g/mol. The van der Waals surface area contributed by atoms with Gasteiger partial charge in [0.2, 0.25) is 0 Å². The quantitative estimate of drug-likeness (QED) is 0.605. The molecule has 0 radical (unpaired) electrons. The molecular formula is C14H15NS. The first-order valence-corrected chi connectivity index (χ1v) is 5.99. The Balaban J connectivity index is 2.13. The summed E-state index contributed by atoms with van der Waals surface area (Å²) in [6, 6.07) is 19.0. The molecule has 0 fully saturated rings. The molecule has 0 atom stereocenters. The van der Waals surface area contributed by atoms with Crippen molar-refractivity contribution in [3.63, 3.8) is 0 Å². The SMILES string of the molecule is SCNCc1ccc(-c2ccccc2)cc1. The first-order chi connectivity index (χ1) is 7.90. The molecule has 2 rings (SSSR count). The van der Waals surface area contributed by atoms with Crippen LogP contribution in [0, 0.1) is 0 Å². The van der Waals surface area contributed by atoms with E-state index in [1.807, 2.05) is 6.07 Å². The highest BCUT2D eigenvalue weighted by atomic mass is 32.1. The molecule has 0 aliphatic rings. The van der Waals surface area contributed by atoms with Crippen molar-refractivity contribution in [2.24, 2.45) is 0 Å². The van der Waals surface area contributed by atoms with Gasteiger partial charge in [-0.05, 0) is 16.7 Å². The van der Waals surface area contributed by atoms with Gasteiger partial charge in [-0.3, -0.25) is 0 Å². The number of thiol groups is 1. The van der Waals surface area contributed by atoms with E-state index >= 15 is 0 Å². The summed E-state index contributed by atoms with van der Waals surface area (Å²) >= 11 is 4.12. The highest BCUT2D eigenvalue weighted by Crippen LogP contribution is 2.18. The Hall–Kier alpha value is -1.25. The van der Waals surface area contributed by atoms with Crippen LogP contribution in [-0.2, 0) is 6.54 Å². The third-order valence-corrected chi connectivity index (χ3v) is 2.73. The van der Waals surface area contributed by atoms with Gasteiger partial charge in [0.1, 0.15) is 0 Å². The summed E-state index contributed by atoms with van der Waals surface area (Å²) in [5.74, 6) is 0.709. The summed E-state index contributed by atoms with van der Waals surface area (Å²) in [6.07, 6.45) is 0. The Morgan fingerprint density at radius 1 is 0.812 bits per heavy atom. The van der Waals surface area contributed by atoms with Crippen LogP contribution in [0.1, 0.15) is 5.56 Å². The molecule has 0 saturated heterocycles. The highest BCUT2D eigenvalue weighted by molar-refractivity contribution is 7.80. The zero-order chi connectivity index (χ0) is 11.2. The van der Waals surface area contributed by atoms with E-state index in [4.69, 9.17) is 0 Å². The van der Waals surface area contributed by atoms with Crippen molar-refractivity contribution in [2.75, 3.05) is 5.88 Å². The third kappa shape index (κ3) is 2.87. The minimum absolute atomic E-state index is 0.709. The van der Waals surface area contributed by atoms with Crippen LogP contribution in [0.3, 0.4) is 0 Å². The highest BCUT2D eigenvalue weighted by Gasteiger charge is 1.96. The number of benzene rings is 2. The van der Waals surface area contributed by atoms with Crippen LogP contribution in [0.2, 0.25) is 0 Å². The molecule has 0 aliphatic carbocycles. The maximum Gasteiger partial charge on any atom is 0.0390 e. The number of nitrogens with one attached hydrogen (secondary N) is 1. The predicted octanol–water partition coefficient (Wildman–Crippen LogP) is 3.33. The summed E-state index contributed by atoms with van der Waals surface area (Å²) in [4.78, 5) is 0. The lowest BCUT2D eigenvalue weighted by Crippen LogP contribution is -2.09. The molecule has 0 unspecified atom stereocenters. The van der Waals surface area contributed by atoms with Crippen molar-refractivity contribution < 1.29 is 0 Å². The average Bonchev–Trinajstić information content (AvgIpc) is 2.38. The summed E-state index contributed by atoms with van der Waals surface area (Å²) < 4.78 is 0. The second-order valence-electron chi connectivity index (χ2n) is 3.65. The normalized spacial score (nSPS) is 10.3. The zero-order valence-corrected chi connectivity index (χ0v) is 9.95. The molecule has 0 aromatic heterocycles. The zero-order valence-electron chi connectivity index (χ0n) is 9.06. The lowest BCUT2D eigenvalue weighted by molar-refractivity contribution is 0.799. The summed E-state index contributed by atoms with van der Waals surface area (Å²) in [5.41, 5.74) is 3.81. The first-order valence-electron chi connectivity index (χ1n) is 5.36. The van der Waals surface area contributed by atoms with Crippen molar-refractivity contribution in [1.29, 1.82) is 0 Å². The monoisotopic (exact) mass is 229 g/mol. The van der Waals surface area contributed by atoms with E-state index in [9.17, 15) is 0 Å². The topological polar surface area (TPSA) is 12.0 Å². The van der Waals surface area contributed by atoms with Crippen LogP contribution in [0.5, 0.6) is 0 Å². The van der Waals surface area contributed by atoms with Crippen LogP contribution in [0.4, 0.5) is 0 Å². The summed E-state index contributed by atoms with van der Waals surface area (Å²) in [6.45, 7) is 0.874. The molecule has 0 heterocycles. The van der Waals surface area contributed by atoms with E-state index in [0.29, 0.717) is 5.88 Å². The Labute approximate surface area is 102 Å². The summed E-state index contributed by atoms with van der Waals surface area (Å²) in [7, 11) is 0. The lowest BCUT2D eigenvalue weighted by Gasteiger charge is -2.04. The first kappa shape index (κ1) is 11.2. The van der Waals surface area contributed by atoms with Crippen LogP contribution >= 0.6 is 12.6 Å². The van der Waals surface area contributed by atoms with Gasteiger partial charge in [-0.1, -0.05) is 54.6 Å². The molecule has 0 spiro atoms. The van der Waals surface area contributed by atoms with E-state index in [2.05, 4.69) is 66.5 Å². The molecule has 82 valence electrons. The van der Waals surface area contributed by atoms with E-state index in [1.54, 1.807) is 0 Å². The van der Waals surface area contributed by atoms with Crippen LogP contribution in [0.25, 0.3) is 11.1 Å². The molecule has 2 aromatic carbocycles. The van der Waals surface area contributed by atoms with Crippen molar-refractivity contribution in [3.8, 4) is 11.1 Å². The maximum absolute atomic E-state index is 4.12. The van der Waals surface area contributed by atoms with Crippen molar-refractivity contribution >= 4 is 12.6 Å². The fraction of sp³-hybridized carbons (Fsp3) is 0.143. The van der Waals surface area contributed by atoms with Crippen LogP contribution < -0.4 is 5.32 Å². The molecule has 0 aliphatic heterocycles. The summed E-state index contributed by atoms with van der Waals surface area (Å²) in [5, 5.41) is 3.19. The van der Waals surface area contributed by atoms with Crippen LogP contribution in [-0.4, -0.2) is 5.88 Å². The number of hydrogen-bond donors (Lipinski definition) is 2. The van der Waals surface area contributed by atoms with Crippen molar-refractivity contribution in [3.05, 3.63) is 60.2 Å². The van der Waals surface area contributed by atoms with Crippen molar-refractivity contribution in [2.45, 2.75) is 6.54 Å². The standard InChI is InChI=1S/C14H15NS/c16-11-15-10-12-6-8-14(9-7-12)13-4-2-1-3-5-13/h1-9,15-16H,10-11H2. The predicted molar refractivity (Wildman–Crippen MR) is 72.6 cm³/mol. The molecule has 0 amide bonds.